The average molecular weight is 352 g/mol. The van der Waals surface area contributed by atoms with Crippen LogP contribution in [0.15, 0.2) is 52.3 Å². The van der Waals surface area contributed by atoms with Crippen molar-refractivity contribution >= 4 is 11.3 Å². The Labute approximate surface area is 147 Å². The molecule has 25 heavy (non-hydrogen) atoms. The van der Waals surface area contributed by atoms with Gasteiger partial charge in [0, 0.05) is 23.5 Å². The first-order chi connectivity index (χ1) is 12.1. The van der Waals surface area contributed by atoms with Crippen LogP contribution in [0.2, 0.25) is 0 Å². The van der Waals surface area contributed by atoms with Gasteiger partial charge in [0.1, 0.15) is 10.0 Å². The molecule has 2 bridgehead atoms. The molecular weight excluding hydrogens is 336 g/mol. The monoisotopic (exact) mass is 352 g/mol. The van der Waals surface area contributed by atoms with Crippen LogP contribution >= 0.6 is 11.3 Å². The van der Waals surface area contributed by atoms with E-state index in [0.717, 1.165) is 35.8 Å². The fraction of sp³-hybridized carbons (Fsp3) is 0.333. The highest BCUT2D eigenvalue weighted by molar-refractivity contribution is 7.14. The van der Waals surface area contributed by atoms with Gasteiger partial charge in [-0.1, -0.05) is 41.7 Å². The molecular formula is C18H16N4O2S. The normalized spacial score (nSPS) is 23.8. The van der Waals surface area contributed by atoms with Crippen molar-refractivity contribution < 1.29 is 0 Å². The van der Waals surface area contributed by atoms with E-state index in [9.17, 15) is 9.59 Å². The van der Waals surface area contributed by atoms with E-state index in [2.05, 4.69) is 10.2 Å². The summed E-state index contributed by atoms with van der Waals surface area (Å²) in [5.74, 6) is 0.757. The highest BCUT2D eigenvalue weighted by Crippen LogP contribution is 2.61. The predicted octanol–water partition coefficient (Wildman–Crippen LogP) is 2.09. The smallest absolute Gasteiger partial charge is 0.303 e. The SMILES string of the molecule is O=c1c(=O)n(C23CC(C2)C3)ccn1Cc1nnc(-c2ccccc2)s1. The Morgan fingerprint density at radius 1 is 1.04 bits per heavy atom. The second-order valence-electron chi connectivity index (χ2n) is 6.98. The molecule has 0 saturated heterocycles. The fourth-order valence-corrected chi connectivity index (χ4v) is 4.74. The first kappa shape index (κ1) is 14.8. The summed E-state index contributed by atoms with van der Waals surface area (Å²) in [6, 6.07) is 9.80. The average Bonchev–Trinajstić information content (AvgIpc) is 3.01. The van der Waals surface area contributed by atoms with Crippen molar-refractivity contribution in [3.63, 3.8) is 0 Å². The fourth-order valence-electron chi connectivity index (χ4n) is 3.89. The van der Waals surface area contributed by atoms with E-state index in [0.29, 0.717) is 5.01 Å². The summed E-state index contributed by atoms with van der Waals surface area (Å²) in [4.78, 5) is 24.9. The molecule has 3 aromatic rings. The van der Waals surface area contributed by atoms with Crippen LogP contribution in [-0.4, -0.2) is 19.3 Å². The van der Waals surface area contributed by atoms with E-state index in [4.69, 9.17) is 0 Å². The van der Waals surface area contributed by atoms with E-state index in [1.807, 2.05) is 30.3 Å². The standard InChI is InChI=1S/C18H16N4O2S/c23-16-17(24)22(18-8-12(9-18)10-18)7-6-21(16)11-14-19-20-15(25-14)13-4-2-1-3-5-13/h1-7,12H,8-11H2. The highest BCUT2D eigenvalue weighted by atomic mass is 32.1. The largest absolute Gasteiger partial charge is 0.316 e. The minimum absolute atomic E-state index is 0.0663. The Balaban J connectivity index is 1.43. The van der Waals surface area contributed by atoms with Gasteiger partial charge >= 0.3 is 11.1 Å². The third-order valence-corrected chi connectivity index (χ3v) is 6.33. The molecule has 3 fully saturated rings. The Morgan fingerprint density at radius 2 is 1.80 bits per heavy atom. The molecule has 3 saturated carbocycles. The summed E-state index contributed by atoms with van der Waals surface area (Å²) < 4.78 is 3.08. The van der Waals surface area contributed by atoms with E-state index in [1.165, 1.54) is 15.9 Å². The summed E-state index contributed by atoms with van der Waals surface area (Å²) in [5, 5.41) is 9.88. The van der Waals surface area contributed by atoms with Gasteiger partial charge in [0.2, 0.25) is 0 Å². The molecule has 0 radical (unpaired) electrons. The maximum absolute atomic E-state index is 12.5. The van der Waals surface area contributed by atoms with E-state index < -0.39 is 11.1 Å². The predicted molar refractivity (Wildman–Crippen MR) is 94.7 cm³/mol. The second kappa shape index (κ2) is 5.23. The van der Waals surface area contributed by atoms with Gasteiger partial charge in [-0.05, 0) is 25.2 Å². The molecule has 126 valence electrons. The molecule has 0 N–H and O–H groups in total. The van der Waals surface area contributed by atoms with Gasteiger partial charge in [0.25, 0.3) is 0 Å². The van der Waals surface area contributed by atoms with E-state index >= 15 is 0 Å². The lowest BCUT2D eigenvalue weighted by Crippen LogP contribution is -2.64. The Morgan fingerprint density at radius 3 is 2.48 bits per heavy atom. The zero-order chi connectivity index (χ0) is 17.0. The van der Waals surface area contributed by atoms with Crippen molar-refractivity contribution in [2.75, 3.05) is 0 Å². The molecule has 0 amide bonds. The third-order valence-electron chi connectivity index (χ3n) is 5.37. The topological polar surface area (TPSA) is 69.8 Å². The highest BCUT2D eigenvalue weighted by Gasteiger charge is 2.58. The summed E-state index contributed by atoms with van der Waals surface area (Å²) in [7, 11) is 0. The molecule has 3 aliphatic carbocycles. The Bertz CT molecular complexity index is 1050. The van der Waals surface area contributed by atoms with Crippen molar-refractivity contribution in [1.82, 2.24) is 19.3 Å². The number of benzene rings is 1. The summed E-state index contributed by atoms with van der Waals surface area (Å²) >= 11 is 1.44. The van der Waals surface area contributed by atoms with Crippen LogP contribution in [0.5, 0.6) is 0 Å². The molecule has 2 aromatic heterocycles. The molecule has 0 spiro atoms. The lowest BCUT2D eigenvalue weighted by molar-refractivity contribution is -0.0919. The summed E-state index contributed by atoms with van der Waals surface area (Å²) in [6.07, 6.45) is 6.57. The Hall–Kier alpha value is -2.54. The van der Waals surface area contributed by atoms with Gasteiger partial charge in [0.05, 0.1) is 6.54 Å². The van der Waals surface area contributed by atoms with E-state index in [1.54, 1.807) is 17.0 Å². The van der Waals surface area contributed by atoms with Gasteiger partial charge in [-0.2, -0.15) is 0 Å². The second-order valence-corrected chi connectivity index (χ2v) is 8.04. The number of nitrogens with zero attached hydrogens (tertiary/aromatic N) is 4. The summed E-state index contributed by atoms with van der Waals surface area (Å²) in [5.41, 5.74) is 0.0261. The maximum atomic E-state index is 12.5. The van der Waals surface area contributed by atoms with Crippen LogP contribution < -0.4 is 11.1 Å². The first-order valence-corrected chi connectivity index (χ1v) is 9.17. The molecule has 2 heterocycles. The zero-order valence-electron chi connectivity index (χ0n) is 13.5. The summed E-state index contributed by atoms with van der Waals surface area (Å²) in [6.45, 7) is 0.273. The molecule has 0 atom stereocenters. The van der Waals surface area contributed by atoms with Crippen molar-refractivity contribution in [3.05, 3.63) is 68.4 Å². The molecule has 0 aliphatic heterocycles. The van der Waals surface area contributed by atoms with Gasteiger partial charge in [-0.3, -0.25) is 9.59 Å². The van der Waals surface area contributed by atoms with Crippen molar-refractivity contribution in [2.45, 2.75) is 31.3 Å². The lowest BCUT2D eigenvalue weighted by Gasteiger charge is -2.62. The van der Waals surface area contributed by atoms with Crippen LogP contribution in [0.1, 0.15) is 24.3 Å². The van der Waals surface area contributed by atoms with E-state index in [-0.39, 0.29) is 12.1 Å². The zero-order valence-corrected chi connectivity index (χ0v) is 14.3. The number of hydrogen-bond donors (Lipinski definition) is 0. The molecule has 1 aromatic carbocycles. The third kappa shape index (κ3) is 2.22. The molecule has 6 rings (SSSR count). The van der Waals surface area contributed by atoms with Gasteiger partial charge in [-0.25, -0.2) is 0 Å². The van der Waals surface area contributed by atoms with Crippen molar-refractivity contribution in [2.24, 2.45) is 5.92 Å². The van der Waals surface area contributed by atoms with Crippen LogP contribution in [0, 0.1) is 5.92 Å². The minimum Gasteiger partial charge on any atom is -0.303 e. The van der Waals surface area contributed by atoms with Gasteiger partial charge in [0.15, 0.2) is 0 Å². The minimum atomic E-state index is -0.483. The maximum Gasteiger partial charge on any atom is 0.316 e. The first-order valence-electron chi connectivity index (χ1n) is 8.35. The quantitative estimate of drug-likeness (QED) is 0.674. The molecule has 0 unspecified atom stereocenters. The molecule has 3 aliphatic rings. The van der Waals surface area contributed by atoms with Gasteiger partial charge in [-0.15, -0.1) is 10.2 Å². The number of hydrogen-bond acceptors (Lipinski definition) is 5. The van der Waals surface area contributed by atoms with Crippen LogP contribution in [0.4, 0.5) is 0 Å². The number of aromatic nitrogens is 4. The van der Waals surface area contributed by atoms with Crippen LogP contribution in [0.25, 0.3) is 10.6 Å². The van der Waals surface area contributed by atoms with Gasteiger partial charge < -0.3 is 9.13 Å². The lowest BCUT2D eigenvalue weighted by atomic mass is 9.49. The Kier molecular flexibility index (Phi) is 3.09. The van der Waals surface area contributed by atoms with Crippen LogP contribution in [0.3, 0.4) is 0 Å². The van der Waals surface area contributed by atoms with Crippen LogP contribution in [-0.2, 0) is 12.1 Å². The molecule has 6 nitrogen and oxygen atoms in total. The van der Waals surface area contributed by atoms with Crippen molar-refractivity contribution in [3.8, 4) is 10.6 Å². The van der Waals surface area contributed by atoms with Crippen molar-refractivity contribution in [1.29, 1.82) is 0 Å². The molecule has 7 heteroatoms. The number of rotatable bonds is 4.